The molecule has 0 radical (unpaired) electrons. The molecule has 2 rings (SSSR count). The summed E-state index contributed by atoms with van der Waals surface area (Å²) in [5.74, 6) is 0.151. The first-order valence-corrected chi connectivity index (χ1v) is 8.53. The van der Waals surface area contributed by atoms with Crippen molar-refractivity contribution in [1.82, 2.24) is 10.0 Å². The summed E-state index contributed by atoms with van der Waals surface area (Å²) in [7, 11) is -3.19. The van der Waals surface area contributed by atoms with Crippen LogP contribution in [0.1, 0.15) is 30.9 Å². The Morgan fingerprint density at radius 3 is 2.53 bits per heavy atom. The van der Waals surface area contributed by atoms with Crippen LogP contribution in [-0.2, 0) is 23.0 Å². The molecule has 1 aliphatic rings. The van der Waals surface area contributed by atoms with E-state index in [1.165, 1.54) is 18.4 Å². The molecule has 2 N–H and O–H groups in total. The Morgan fingerprint density at radius 1 is 1.21 bits per heavy atom. The molecule has 0 aliphatic heterocycles. The van der Waals surface area contributed by atoms with Gasteiger partial charge in [0.2, 0.25) is 10.0 Å². The summed E-state index contributed by atoms with van der Waals surface area (Å²) in [5, 5.41) is 3.21. The maximum absolute atomic E-state index is 11.9. The number of hydrogen-bond donors (Lipinski definition) is 2. The molecule has 106 valence electrons. The minimum absolute atomic E-state index is 0.151. The van der Waals surface area contributed by atoms with Gasteiger partial charge in [0.05, 0.1) is 5.75 Å². The van der Waals surface area contributed by atoms with E-state index in [1.807, 2.05) is 24.3 Å². The predicted octanol–water partition coefficient (Wildman–Crippen LogP) is 1.42. The second-order valence-corrected chi connectivity index (χ2v) is 6.92. The molecule has 0 spiro atoms. The summed E-state index contributed by atoms with van der Waals surface area (Å²) in [5.41, 5.74) is 2.25. The lowest BCUT2D eigenvalue weighted by Gasteiger charge is -2.10. The third-order valence-electron chi connectivity index (χ3n) is 3.36. The Bertz CT molecular complexity index is 510. The van der Waals surface area contributed by atoms with Gasteiger partial charge in [0.15, 0.2) is 0 Å². The van der Waals surface area contributed by atoms with E-state index < -0.39 is 10.0 Å². The van der Waals surface area contributed by atoms with E-state index in [0.717, 1.165) is 12.0 Å². The number of hydrogen-bond acceptors (Lipinski definition) is 3. The fourth-order valence-electron chi connectivity index (χ4n) is 2.02. The summed E-state index contributed by atoms with van der Waals surface area (Å²) in [6, 6.07) is 8.49. The molecule has 0 unspecified atom stereocenters. The van der Waals surface area contributed by atoms with Gasteiger partial charge in [-0.1, -0.05) is 31.2 Å². The fraction of sp³-hybridized carbons (Fsp3) is 0.571. The molecule has 5 heteroatoms. The first-order chi connectivity index (χ1) is 9.11. The largest absolute Gasteiger partial charge is 0.313 e. The summed E-state index contributed by atoms with van der Waals surface area (Å²) < 4.78 is 26.4. The van der Waals surface area contributed by atoms with Crippen LogP contribution >= 0.6 is 0 Å². The molecule has 1 saturated carbocycles. The molecule has 0 bridgehead atoms. The van der Waals surface area contributed by atoms with Gasteiger partial charge in [-0.2, -0.15) is 0 Å². The summed E-state index contributed by atoms with van der Waals surface area (Å²) in [6.07, 6.45) is 3.27. The van der Waals surface area contributed by atoms with Crippen molar-refractivity contribution in [2.75, 3.05) is 12.3 Å². The predicted molar refractivity (Wildman–Crippen MR) is 77.5 cm³/mol. The van der Waals surface area contributed by atoms with Crippen molar-refractivity contribution >= 4 is 10.0 Å². The lowest BCUT2D eigenvalue weighted by atomic mass is 10.1. The van der Waals surface area contributed by atoms with E-state index in [9.17, 15) is 8.42 Å². The fourth-order valence-corrected chi connectivity index (χ4v) is 2.93. The van der Waals surface area contributed by atoms with Gasteiger partial charge in [-0.15, -0.1) is 0 Å². The van der Waals surface area contributed by atoms with Crippen LogP contribution in [-0.4, -0.2) is 26.8 Å². The average molecular weight is 282 g/mol. The Balaban J connectivity index is 1.82. The van der Waals surface area contributed by atoms with Crippen molar-refractivity contribution in [2.24, 2.45) is 0 Å². The van der Waals surface area contributed by atoms with Crippen molar-refractivity contribution in [3.63, 3.8) is 0 Å². The van der Waals surface area contributed by atoms with Gasteiger partial charge in [-0.25, -0.2) is 13.1 Å². The third kappa shape index (κ3) is 4.93. The Labute approximate surface area is 115 Å². The van der Waals surface area contributed by atoms with E-state index in [4.69, 9.17) is 0 Å². The van der Waals surface area contributed by atoms with E-state index in [1.54, 1.807) is 0 Å². The molecule has 0 atom stereocenters. The summed E-state index contributed by atoms with van der Waals surface area (Å²) in [6.45, 7) is 3.00. The van der Waals surface area contributed by atoms with Gasteiger partial charge < -0.3 is 5.32 Å². The number of benzene rings is 1. The first kappa shape index (κ1) is 14.5. The minimum Gasteiger partial charge on any atom is -0.313 e. The minimum atomic E-state index is -3.19. The molecule has 1 aromatic carbocycles. The third-order valence-corrected chi connectivity index (χ3v) is 4.69. The van der Waals surface area contributed by atoms with Crippen molar-refractivity contribution in [3.05, 3.63) is 35.4 Å². The molecule has 1 fully saturated rings. The van der Waals surface area contributed by atoms with Gasteiger partial charge >= 0.3 is 0 Å². The van der Waals surface area contributed by atoms with Gasteiger partial charge in [0, 0.05) is 19.1 Å². The highest BCUT2D eigenvalue weighted by molar-refractivity contribution is 7.89. The Morgan fingerprint density at radius 2 is 1.89 bits per heavy atom. The molecule has 0 aromatic heterocycles. The second kappa shape index (κ2) is 6.50. The molecule has 0 saturated heterocycles. The smallest absolute Gasteiger partial charge is 0.213 e. The topological polar surface area (TPSA) is 58.2 Å². The zero-order valence-corrected chi connectivity index (χ0v) is 12.2. The number of sulfonamides is 1. The lowest BCUT2D eigenvalue weighted by Crippen LogP contribution is -2.32. The van der Waals surface area contributed by atoms with Crippen LogP contribution < -0.4 is 10.0 Å². The van der Waals surface area contributed by atoms with Crippen LogP contribution in [0.25, 0.3) is 0 Å². The van der Waals surface area contributed by atoms with Crippen LogP contribution in [0.2, 0.25) is 0 Å². The highest BCUT2D eigenvalue weighted by Crippen LogP contribution is 2.18. The van der Waals surface area contributed by atoms with Crippen molar-refractivity contribution in [2.45, 2.75) is 38.8 Å². The quantitative estimate of drug-likeness (QED) is 0.758. The van der Waals surface area contributed by atoms with Gasteiger partial charge in [-0.3, -0.25) is 0 Å². The summed E-state index contributed by atoms with van der Waals surface area (Å²) in [4.78, 5) is 0. The van der Waals surface area contributed by atoms with Gasteiger partial charge in [-0.05, 0) is 30.4 Å². The van der Waals surface area contributed by atoms with Crippen LogP contribution in [0.5, 0.6) is 0 Å². The molecular weight excluding hydrogens is 260 g/mol. The standard InChI is InChI=1S/C14H22N2O2S/c1-2-12-5-3-4-6-13(12)11-16-19(17,18)10-9-15-14-7-8-14/h3-6,14-16H,2,7-11H2,1H3. The van der Waals surface area contributed by atoms with E-state index in [2.05, 4.69) is 17.0 Å². The molecular formula is C14H22N2O2S. The average Bonchev–Trinajstić information content (AvgIpc) is 3.21. The molecule has 4 nitrogen and oxygen atoms in total. The van der Waals surface area contributed by atoms with Crippen molar-refractivity contribution in [3.8, 4) is 0 Å². The SMILES string of the molecule is CCc1ccccc1CNS(=O)(=O)CCNC1CC1. The van der Waals surface area contributed by atoms with Crippen molar-refractivity contribution in [1.29, 1.82) is 0 Å². The van der Waals surface area contributed by atoms with E-state index in [0.29, 0.717) is 19.1 Å². The summed E-state index contributed by atoms with van der Waals surface area (Å²) >= 11 is 0. The molecule has 19 heavy (non-hydrogen) atoms. The van der Waals surface area contributed by atoms with Crippen LogP contribution in [0.15, 0.2) is 24.3 Å². The molecule has 1 aromatic rings. The van der Waals surface area contributed by atoms with Crippen molar-refractivity contribution < 1.29 is 8.42 Å². The van der Waals surface area contributed by atoms with E-state index >= 15 is 0 Å². The van der Waals surface area contributed by atoms with Crippen LogP contribution in [0.3, 0.4) is 0 Å². The number of rotatable bonds is 8. The zero-order chi connectivity index (χ0) is 13.7. The first-order valence-electron chi connectivity index (χ1n) is 6.88. The lowest BCUT2D eigenvalue weighted by molar-refractivity contribution is 0.576. The van der Waals surface area contributed by atoms with Crippen LogP contribution in [0.4, 0.5) is 0 Å². The highest BCUT2D eigenvalue weighted by Gasteiger charge is 2.21. The second-order valence-electron chi connectivity index (χ2n) is 4.99. The normalized spacial score (nSPS) is 15.6. The van der Waals surface area contributed by atoms with Gasteiger partial charge in [0.25, 0.3) is 0 Å². The number of nitrogens with one attached hydrogen (secondary N) is 2. The Hall–Kier alpha value is -0.910. The molecule has 0 amide bonds. The van der Waals surface area contributed by atoms with Crippen LogP contribution in [0, 0.1) is 0 Å². The number of aryl methyl sites for hydroxylation is 1. The maximum atomic E-state index is 11.9. The van der Waals surface area contributed by atoms with Gasteiger partial charge in [0.1, 0.15) is 0 Å². The highest BCUT2D eigenvalue weighted by atomic mass is 32.2. The maximum Gasteiger partial charge on any atom is 0.213 e. The van der Waals surface area contributed by atoms with E-state index in [-0.39, 0.29) is 5.75 Å². The Kier molecular flexibility index (Phi) is 4.96. The molecule has 0 heterocycles. The molecule has 1 aliphatic carbocycles. The zero-order valence-electron chi connectivity index (χ0n) is 11.4. The monoisotopic (exact) mass is 282 g/mol.